The first-order chi connectivity index (χ1) is 17.1. The van der Waals surface area contributed by atoms with Crippen LogP contribution in [0.15, 0.2) is 54.6 Å². The normalized spacial score (nSPS) is 11.3. The second kappa shape index (κ2) is 11.9. The Kier molecular flexibility index (Phi) is 8.88. The van der Waals surface area contributed by atoms with Crippen LogP contribution in [0.3, 0.4) is 0 Å². The Morgan fingerprint density at radius 2 is 1.72 bits per heavy atom. The molecule has 0 saturated carbocycles. The highest BCUT2D eigenvalue weighted by Gasteiger charge is 2.23. The van der Waals surface area contributed by atoms with E-state index in [9.17, 15) is 9.59 Å². The first-order valence-electron chi connectivity index (χ1n) is 12.2. The lowest BCUT2D eigenvalue weighted by Gasteiger charge is -2.23. The molecule has 0 radical (unpaired) electrons. The molecule has 0 aliphatic carbocycles. The van der Waals surface area contributed by atoms with Crippen LogP contribution in [0.5, 0.6) is 0 Å². The van der Waals surface area contributed by atoms with Gasteiger partial charge in [0.15, 0.2) is 0 Å². The molecule has 0 atom stereocenters. The summed E-state index contributed by atoms with van der Waals surface area (Å²) in [6.07, 6.45) is 0.612. The Labute approximate surface area is 213 Å². The van der Waals surface area contributed by atoms with Gasteiger partial charge in [-0.2, -0.15) is 5.10 Å². The van der Waals surface area contributed by atoms with Crippen LogP contribution in [0.4, 0.5) is 16.3 Å². The topological polar surface area (TPSA) is 88.5 Å². The summed E-state index contributed by atoms with van der Waals surface area (Å²) in [6.45, 7) is 11.0. The lowest BCUT2D eigenvalue weighted by Crippen LogP contribution is -2.41. The second-order valence-corrected chi connectivity index (χ2v) is 9.98. The maximum absolute atomic E-state index is 13.2. The summed E-state index contributed by atoms with van der Waals surface area (Å²) in [7, 11) is 1.61. The molecule has 8 heteroatoms. The smallest absolute Gasteiger partial charge is 0.322 e. The lowest BCUT2D eigenvalue weighted by molar-refractivity contribution is -0.116. The van der Waals surface area contributed by atoms with Crippen molar-refractivity contribution < 1.29 is 14.3 Å². The molecule has 3 rings (SSSR count). The summed E-state index contributed by atoms with van der Waals surface area (Å²) < 4.78 is 6.90. The number of rotatable bonds is 9. The van der Waals surface area contributed by atoms with Gasteiger partial charge in [0.2, 0.25) is 5.91 Å². The zero-order valence-electron chi connectivity index (χ0n) is 22.1. The molecule has 0 fully saturated rings. The number of urea groups is 1. The zero-order valence-corrected chi connectivity index (χ0v) is 22.1. The number of methoxy groups -OCH3 is 1. The van der Waals surface area contributed by atoms with Crippen molar-refractivity contribution in [3.05, 3.63) is 71.4 Å². The molecule has 0 bridgehead atoms. The van der Waals surface area contributed by atoms with Gasteiger partial charge in [0, 0.05) is 37.4 Å². The molecule has 3 aromatic rings. The fraction of sp³-hybridized carbons (Fsp3) is 0.393. The van der Waals surface area contributed by atoms with Crippen LogP contribution >= 0.6 is 0 Å². The highest BCUT2D eigenvalue weighted by Crippen LogP contribution is 2.27. The van der Waals surface area contributed by atoms with Crippen LogP contribution < -0.4 is 10.6 Å². The van der Waals surface area contributed by atoms with Gasteiger partial charge in [-0.25, -0.2) is 9.48 Å². The molecule has 1 aromatic heterocycles. The molecular formula is C28H37N5O3. The van der Waals surface area contributed by atoms with Crippen LogP contribution in [-0.2, 0) is 14.9 Å². The van der Waals surface area contributed by atoms with E-state index in [0.717, 1.165) is 22.5 Å². The number of amides is 3. The maximum Gasteiger partial charge on any atom is 0.322 e. The van der Waals surface area contributed by atoms with Gasteiger partial charge < -0.3 is 20.3 Å². The molecule has 8 nitrogen and oxygen atoms in total. The van der Waals surface area contributed by atoms with E-state index in [1.165, 1.54) is 4.90 Å². The fourth-order valence-corrected chi connectivity index (χ4v) is 3.67. The Balaban J connectivity index is 1.81. The van der Waals surface area contributed by atoms with E-state index in [1.54, 1.807) is 11.8 Å². The third-order valence-electron chi connectivity index (χ3n) is 5.79. The van der Waals surface area contributed by atoms with Crippen LogP contribution in [0.1, 0.15) is 44.0 Å². The van der Waals surface area contributed by atoms with Gasteiger partial charge in [-0.3, -0.25) is 4.79 Å². The number of nitrogens with one attached hydrogen (secondary N) is 2. The molecule has 0 unspecified atom stereocenters. The van der Waals surface area contributed by atoms with Crippen LogP contribution in [0, 0.1) is 13.8 Å². The van der Waals surface area contributed by atoms with Crippen LogP contribution in [-0.4, -0.2) is 53.4 Å². The van der Waals surface area contributed by atoms with Gasteiger partial charge in [-0.05, 0) is 44.0 Å². The highest BCUT2D eigenvalue weighted by molar-refractivity contribution is 5.96. The number of para-hydroxylation sites is 1. The number of aryl methyl sites for hydroxylation is 2. The summed E-state index contributed by atoms with van der Waals surface area (Å²) in [5.41, 5.74) is 4.36. The monoisotopic (exact) mass is 491 g/mol. The molecule has 1 heterocycles. The van der Waals surface area contributed by atoms with E-state index in [-0.39, 0.29) is 23.9 Å². The molecule has 2 aromatic carbocycles. The predicted molar refractivity (Wildman–Crippen MR) is 144 cm³/mol. The first kappa shape index (κ1) is 26.9. The third kappa shape index (κ3) is 7.18. The second-order valence-electron chi connectivity index (χ2n) is 9.98. The number of anilines is 2. The molecule has 3 amide bonds. The molecule has 0 saturated heterocycles. The number of carbonyl (C=O) groups excluding carboxylic acids is 2. The van der Waals surface area contributed by atoms with Crippen molar-refractivity contribution >= 4 is 23.4 Å². The Hall–Kier alpha value is -3.65. The maximum atomic E-state index is 13.2. The summed E-state index contributed by atoms with van der Waals surface area (Å²) >= 11 is 0. The van der Waals surface area contributed by atoms with E-state index < -0.39 is 0 Å². The zero-order chi connectivity index (χ0) is 26.3. The minimum atomic E-state index is -0.340. The van der Waals surface area contributed by atoms with Gasteiger partial charge in [0.25, 0.3) is 0 Å². The quantitative estimate of drug-likeness (QED) is 0.398. The Bertz CT molecular complexity index is 1180. The number of carbonyl (C=O) groups is 2. The standard InChI is InChI=1S/C28H37N5O3/c1-20-12-14-22(15-13-20)29-27(35)32(16-9-17-36-6)19-26(34)30-25-18-24(28(3,4)5)31-33(25)23-11-8-7-10-21(23)2/h7-8,10-15,18H,9,16-17,19H2,1-6H3,(H,29,35)(H,30,34). The fourth-order valence-electron chi connectivity index (χ4n) is 3.67. The average molecular weight is 492 g/mol. The van der Waals surface area contributed by atoms with E-state index in [0.29, 0.717) is 31.1 Å². The molecule has 2 N–H and O–H groups in total. The first-order valence-corrected chi connectivity index (χ1v) is 12.2. The van der Waals surface area contributed by atoms with Crippen LogP contribution in [0.25, 0.3) is 5.69 Å². The van der Waals surface area contributed by atoms with Crippen molar-refractivity contribution in [1.82, 2.24) is 14.7 Å². The number of ether oxygens (including phenoxy) is 1. The third-order valence-corrected chi connectivity index (χ3v) is 5.79. The minimum Gasteiger partial charge on any atom is -0.385 e. The van der Waals surface area contributed by atoms with Crippen molar-refractivity contribution in [1.29, 1.82) is 0 Å². The Morgan fingerprint density at radius 1 is 1.03 bits per heavy atom. The number of nitrogens with zero attached hydrogens (tertiary/aromatic N) is 3. The van der Waals surface area contributed by atoms with E-state index in [2.05, 4.69) is 31.4 Å². The van der Waals surface area contributed by atoms with E-state index >= 15 is 0 Å². The number of aromatic nitrogens is 2. The largest absolute Gasteiger partial charge is 0.385 e. The molecule has 0 aliphatic heterocycles. The van der Waals surface area contributed by atoms with Gasteiger partial charge in [0.05, 0.1) is 11.4 Å². The summed E-state index contributed by atoms with van der Waals surface area (Å²) in [5.74, 6) is 0.261. The number of hydrogen-bond acceptors (Lipinski definition) is 4. The molecule has 0 spiro atoms. The van der Waals surface area contributed by atoms with Crippen molar-refractivity contribution in [2.75, 3.05) is 37.4 Å². The van der Waals surface area contributed by atoms with Crippen molar-refractivity contribution in [2.45, 2.75) is 46.5 Å². The van der Waals surface area contributed by atoms with Crippen molar-refractivity contribution in [2.24, 2.45) is 0 Å². The van der Waals surface area contributed by atoms with E-state index in [4.69, 9.17) is 9.84 Å². The van der Waals surface area contributed by atoms with Gasteiger partial charge in [-0.1, -0.05) is 56.7 Å². The summed E-state index contributed by atoms with van der Waals surface area (Å²) in [4.78, 5) is 27.7. The molecule has 36 heavy (non-hydrogen) atoms. The highest BCUT2D eigenvalue weighted by atomic mass is 16.5. The lowest BCUT2D eigenvalue weighted by atomic mass is 9.92. The average Bonchev–Trinajstić information content (AvgIpc) is 3.24. The molecular weight excluding hydrogens is 454 g/mol. The molecule has 192 valence electrons. The van der Waals surface area contributed by atoms with Crippen molar-refractivity contribution in [3.8, 4) is 5.69 Å². The minimum absolute atomic E-state index is 0.106. The van der Waals surface area contributed by atoms with Crippen LogP contribution in [0.2, 0.25) is 0 Å². The SMILES string of the molecule is COCCCN(CC(=O)Nc1cc(C(C)(C)C)nn1-c1ccccc1C)C(=O)Nc1ccc(C)cc1. The van der Waals surface area contributed by atoms with Crippen molar-refractivity contribution in [3.63, 3.8) is 0 Å². The molecule has 0 aliphatic rings. The summed E-state index contributed by atoms with van der Waals surface area (Å²) in [5, 5.41) is 10.7. The number of benzene rings is 2. The predicted octanol–water partition coefficient (Wildman–Crippen LogP) is 5.30. The Morgan fingerprint density at radius 3 is 2.36 bits per heavy atom. The van der Waals surface area contributed by atoms with Gasteiger partial charge in [-0.15, -0.1) is 0 Å². The van der Waals surface area contributed by atoms with Gasteiger partial charge >= 0.3 is 6.03 Å². The summed E-state index contributed by atoms with van der Waals surface area (Å²) in [6, 6.07) is 17.0. The van der Waals surface area contributed by atoms with E-state index in [1.807, 2.05) is 68.4 Å². The van der Waals surface area contributed by atoms with Gasteiger partial charge in [0.1, 0.15) is 12.4 Å². The number of hydrogen-bond donors (Lipinski definition) is 2.